The van der Waals surface area contributed by atoms with Gasteiger partial charge in [-0.3, -0.25) is 4.79 Å². The van der Waals surface area contributed by atoms with Crippen LogP contribution in [0, 0.1) is 17.8 Å². The number of alkyl halides is 3. The summed E-state index contributed by atoms with van der Waals surface area (Å²) < 4.78 is 39.2. The summed E-state index contributed by atoms with van der Waals surface area (Å²) in [5.74, 6) is 5.48. The minimum absolute atomic E-state index is 0.0407. The van der Waals surface area contributed by atoms with Gasteiger partial charge in [-0.2, -0.15) is 13.2 Å². The van der Waals surface area contributed by atoms with Crippen molar-refractivity contribution in [3.05, 3.63) is 35.4 Å². The summed E-state index contributed by atoms with van der Waals surface area (Å²) >= 11 is 0. The Bertz CT molecular complexity index is 714. The van der Waals surface area contributed by atoms with E-state index >= 15 is 0 Å². The number of hydrogen-bond donors (Lipinski definition) is 0. The van der Waals surface area contributed by atoms with Gasteiger partial charge < -0.3 is 9.80 Å². The number of halogens is 3. The third-order valence-corrected chi connectivity index (χ3v) is 5.21. The monoisotopic (exact) mass is 364 g/mol. The molecule has 0 bridgehead atoms. The lowest BCUT2D eigenvalue weighted by Crippen LogP contribution is -2.37. The van der Waals surface area contributed by atoms with Crippen molar-refractivity contribution in [1.82, 2.24) is 9.80 Å². The highest BCUT2D eigenvalue weighted by molar-refractivity contribution is 5.82. The van der Waals surface area contributed by atoms with Crippen LogP contribution in [0.2, 0.25) is 0 Å². The van der Waals surface area contributed by atoms with E-state index in [4.69, 9.17) is 0 Å². The average Bonchev–Trinajstić information content (AvgIpc) is 2.88. The van der Waals surface area contributed by atoms with Gasteiger partial charge in [0.1, 0.15) is 0 Å². The third-order valence-electron chi connectivity index (χ3n) is 5.21. The lowest BCUT2D eigenvalue weighted by atomic mass is 10.0. The van der Waals surface area contributed by atoms with Crippen molar-refractivity contribution in [1.29, 1.82) is 0 Å². The van der Waals surface area contributed by atoms with E-state index < -0.39 is 11.7 Å². The summed E-state index contributed by atoms with van der Waals surface area (Å²) in [6, 6.07) is 4.97. The molecule has 140 valence electrons. The van der Waals surface area contributed by atoms with Gasteiger partial charge in [0.05, 0.1) is 17.5 Å². The normalized spacial score (nSPS) is 24.5. The molecule has 2 unspecified atom stereocenters. The maximum absolute atomic E-state index is 13.1. The van der Waals surface area contributed by atoms with Crippen LogP contribution < -0.4 is 0 Å². The molecule has 1 amide bonds. The summed E-state index contributed by atoms with van der Waals surface area (Å²) in [5, 5.41) is 0. The van der Waals surface area contributed by atoms with E-state index in [1.165, 1.54) is 18.6 Å². The largest absolute Gasteiger partial charge is 0.417 e. The first-order chi connectivity index (χ1) is 12.4. The standard InChI is InChI=1S/C20H23F3N2O/c1-24-17(10-9-15-7-3-4-8-18(15)20(21,22)23)13-16(19(24)26)14-25-11-5-2-6-12-25/h3-4,7-8,16-17H,2,5-6,11-14H2,1H3. The van der Waals surface area contributed by atoms with Crippen LogP contribution in [0.1, 0.15) is 36.8 Å². The van der Waals surface area contributed by atoms with Crippen molar-refractivity contribution in [2.24, 2.45) is 5.92 Å². The topological polar surface area (TPSA) is 23.6 Å². The van der Waals surface area contributed by atoms with Gasteiger partial charge in [0.15, 0.2) is 0 Å². The number of amides is 1. The van der Waals surface area contributed by atoms with E-state index in [1.54, 1.807) is 18.0 Å². The van der Waals surface area contributed by atoms with E-state index in [-0.39, 0.29) is 23.4 Å². The van der Waals surface area contributed by atoms with E-state index in [0.717, 1.165) is 38.5 Å². The molecule has 3 nitrogen and oxygen atoms in total. The third kappa shape index (κ3) is 4.21. The smallest absolute Gasteiger partial charge is 0.332 e. The summed E-state index contributed by atoms with van der Waals surface area (Å²) in [6.07, 6.45) is -0.295. The van der Waals surface area contributed by atoms with Crippen LogP contribution in [0.3, 0.4) is 0 Å². The molecule has 26 heavy (non-hydrogen) atoms. The second-order valence-electron chi connectivity index (χ2n) is 7.07. The number of nitrogens with zero attached hydrogens (tertiary/aromatic N) is 2. The van der Waals surface area contributed by atoms with Crippen molar-refractivity contribution >= 4 is 5.91 Å². The van der Waals surface area contributed by atoms with E-state index in [0.29, 0.717) is 6.42 Å². The Balaban J connectivity index is 1.72. The molecular formula is C20H23F3N2O. The molecule has 2 aliphatic heterocycles. The van der Waals surface area contributed by atoms with Crippen molar-refractivity contribution in [3.8, 4) is 11.8 Å². The molecule has 6 heteroatoms. The zero-order valence-corrected chi connectivity index (χ0v) is 14.9. The maximum Gasteiger partial charge on any atom is 0.417 e. The second kappa shape index (κ2) is 7.71. The van der Waals surface area contributed by atoms with Crippen LogP contribution in [0.15, 0.2) is 24.3 Å². The average molecular weight is 364 g/mol. The van der Waals surface area contributed by atoms with Crippen molar-refractivity contribution < 1.29 is 18.0 Å². The molecule has 1 aromatic rings. The van der Waals surface area contributed by atoms with Crippen molar-refractivity contribution in [3.63, 3.8) is 0 Å². The summed E-state index contributed by atoms with van der Waals surface area (Å²) in [6.45, 7) is 2.76. The number of rotatable bonds is 2. The van der Waals surface area contributed by atoms with E-state index in [2.05, 4.69) is 16.7 Å². The van der Waals surface area contributed by atoms with Crippen molar-refractivity contribution in [2.45, 2.75) is 37.9 Å². The molecule has 1 aromatic carbocycles. The first kappa shape index (κ1) is 18.8. The Kier molecular flexibility index (Phi) is 5.57. The van der Waals surface area contributed by atoms with Crippen LogP contribution in [0.25, 0.3) is 0 Å². The molecule has 3 rings (SSSR count). The Morgan fingerprint density at radius 2 is 1.85 bits per heavy atom. The highest BCUT2D eigenvalue weighted by Gasteiger charge is 2.37. The Labute approximate surface area is 152 Å². The molecule has 2 fully saturated rings. The van der Waals surface area contributed by atoms with Gasteiger partial charge in [0.25, 0.3) is 0 Å². The number of hydrogen-bond acceptors (Lipinski definition) is 2. The number of likely N-dealkylation sites (tertiary alicyclic amines) is 2. The molecule has 0 saturated carbocycles. The fraction of sp³-hybridized carbons (Fsp3) is 0.550. The van der Waals surface area contributed by atoms with Crippen molar-refractivity contribution in [2.75, 3.05) is 26.7 Å². The fourth-order valence-corrected chi connectivity index (χ4v) is 3.73. The number of carbonyl (C=O) groups is 1. The quantitative estimate of drug-likeness (QED) is 0.751. The summed E-state index contributed by atoms with van der Waals surface area (Å²) in [4.78, 5) is 16.4. The van der Waals surface area contributed by atoms with Gasteiger partial charge in [-0.25, -0.2) is 0 Å². The number of carbonyl (C=O) groups excluding carboxylic acids is 1. The van der Waals surface area contributed by atoms with Gasteiger partial charge >= 0.3 is 6.18 Å². The van der Waals surface area contributed by atoms with Crippen LogP contribution in [0.5, 0.6) is 0 Å². The zero-order chi connectivity index (χ0) is 18.7. The highest BCUT2D eigenvalue weighted by atomic mass is 19.4. The summed E-state index contributed by atoms with van der Waals surface area (Å²) in [7, 11) is 1.69. The number of piperidine rings is 1. The Hall–Kier alpha value is -2.00. The van der Waals surface area contributed by atoms with E-state index in [9.17, 15) is 18.0 Å². The summed E-state index contributed by atoms with van der Waals surface area (Å²) in [5.41, 5.74) is -0.773. The fourth-order valence-electron chi connectivity index (χ4n) is 3.73. The van der Waals surface area contributed by atoms with Crippen LogP contribution in [0.4, 0.5) is 13.2 Å². The SMILES string of the molecule is CN1C(=O)C(CN2CCCCC2)CC1C#Cc1ccccc1C(F)(F)F. The molecule has 2 saturated heterocycles. The predicted octanol–water partition coefficient (Wildman–Crippen LogP) is 3.39. The minimum atomic E-state index is -4.43. The Morgan fingerprint density at radius 3 is 2.54 bits per heavy atom. The predicted molar refractivity (Wildman–Crippen MR) is 93.3 cm³/mol. The van der Waals surface area contributed by atoms with Crippen LogP contribution in [-0.4, -0.2) is 48.4 Å². The van der Waals surface area contributed by atoms with Gasteiger partial charge in [0.2, 0.25) is 5.91 Å². The minimum Gasteiger partial charge on any atom is -0.332 e. The van der Waals surface area contributed by atoms with Gasteiger partial charge in [0, 0.05) is 19.2 Å². The van der Waals surface area contributed by atoms with Gasteiger partial charge in [-0.1, -0.05) is 30.4 Å². The highest BCUT2D eigenvalue weighted by Crippen LogP contribution is 2.31. The van der Waals surface area contributed by atoms with Gasteiger partial charge in [-0.15, -0.1) is 0 Å². The molecule has 0 aromatic heterocycles. The molecule has 0 aliphatic carbocycles. The molecule has 0 radical (unpaired) electrons. The first-order valence-electron chi connectivity index (χ1n) is 9.03. The number of benzene rings is 1. The lowest BCUT2D eigenvalue weighted by Gasteiger charge is -2.28. The molecule has 2 heterocycles. The van der Waals surface area contributed by atoms with Crippen LogP contribution >= 0.6 is 0 Å². The molecule has 0 N–H and O–H groups in total. The zero-order valence-electron chi connectivity index (χ0n) is 14.9. The van der Waals surface area contributed by atoms with Crippen LogP contribution in [-0.2, 0) is 11.0 Å². The van der Waals surface area contributed by atoms with E-state index in [1.807, 2.05) is 0 Å². The maximum atomic E-state index is 13.1. The second-order valence-corrected chi connectivity index (χ2v) is 7.07. The molecule has 2 atom stereocenters. The molecule has 2 aliphatic rings. The molecule has 0 spiro atoms. The Morgan fingerprint density at radius 1 is 1.15 bits per heavy atom. The molecular weight excluding hydrogens is 341 g/mol. The lowest BCUT2D eigenvalue weighted by molar-refractivity contribution is -0.137. The van der Waals surface area contributed by atoms with Gasteiger partial charge in [-0.05, 0) is 44.5 Å². The first-order valence-corrected chi connectivity index (χ1v) is 9.03.